The van der Waals surface area contributed by atoms with Gasteiger partial charge in [-0.2, -0.15) is 4.21 Å². The van der Waals surface area contributed by atoms with Crippen LogP contribution in [-0.2, 0) is 20.3 Å². The van der Waals surface area contributed by atoms with Gasteiger partial charge in [-0.1, -0.05) is 12.7 Å². The Morgan fingerprint density at radius 3 is 2.82 bits per heavy atom. The zero-order valence-corrected chi connectivity index (χ0v) is 6.80. The van der Waals surface area contributed by atoms with E-state index >= 15 is 0 Å². The molecule has 0 rings (SSSR count). The highest BCUT2D eigenvalue weighted by Gasteiger charge is 1.98. The van der Waals surface area contributed by atoms with Gasteiger partial charge in [0.05, 0.1) is 6.61 Å². The number of rotatable bonds is 6. The molecular formula is C6H10O4S. The lowest BCUT2D eigenvalue weighted by molar-refractivity contribution is 0.159. The van der Waals surface area contributed by atoms with Crippen LogP contribution in [0.25, 0.3) is 0 Å². The van der Waals surface area contributed by atoms with Gasteiger partial charge in [0.15, 0.2) is 0 Å². The summed E-state index contributed by atoms with van der Waals surface area (Å²) in [4.78, 5) is 0. The first-order valence-corrected chi connectivity index (χ1v) is 3.85. The molecule has 0 fully saturated rings. The molecule has 1 atom stereocenters. The van der Waals surface area contributed by atoms with Crippen LogP contribution >= 0.6 is 0 Å². The summed E-state index contributed by atoms with van der Waals surface area (Å²) in [6.07, 6.45) is 1.56. The van der Waals surface area contributed by atoms with Crippen molar-refractivity contribution in [1.82, 2.24) is 0 Å². The maximum atomic E-state index is 9.99. The summed E-state index contributed by atoms with van der Waals surface area (Å²) in [5, 5.41) is 0. The molecule has 0 aliphatic carbocycles. The summed E-state index contributed by atoms with van der Waals surface area (Å²) < 4.78 is 27.3. The molecule has 0 saturated carbocycles. The third kappa shape index (κ3) is 7.24. The van der Waals surface area contributed by atoms with Crippen molar-refractivity contribution in [1.29, 1.82) is 0 Å². The molecule has 1 N–H and O–H groups in total. The quantitative estimate of drug-likeness (QED) is 0.283. The molecule has 0 saturated heterocycles. The third-order valence-electron chi connectivity index (χ3n) is 0.688. The molecule has 0 aromatic rings. The van der Waals surface area contributed by atoms with Crippen molar-refractivity contribution in [2.45, 2.75) is 0 Å². The van der Waals surface area contributed by atoms with Crippen molar-refractivity contribution in [3.8, 4) is 0 Å². The molecular weight excluding hydrogens is 168 g/mol. The lowest BCUT2D eigenvalue weighted by atomic mass is 10.6. The topological polar surface area (TPSA) is 55.8 Å². The fourth-order valence-corrected chi connectivity index (χ4v) is 0.631. The Labute approximate surface area is 68.0 Å². The smallest absolute Gasteiger partial charge is 0.357 e. The van der Waals surface area contributed by atoms with Gasteiger partial charge in [-0.15, -0.1) is 6.58 Å². The van der Waals surface area contributed by atoms with Crippen molar-refractivity contribution < 1.29 is 17.7 Å². The zero-order valence-electron chi connectivity index (χ0n) is 5.99. The Morgan fingerprint density at radius 2 is 2.36 bits per heavy atom. The van der Waals surface area contributed by atoms with E-state index in [1.54, 1.807) is 6.08 Å². The van der Waals surface area contributed by atoms with Crippen molar-refractivity contribution in [3.63, 3.8) is 0 Å². The van der Waals surface area contributed by atoms with E-state index in [0.717, 1.165) is 0 Å². The highest BCUT2D eigenvalue weighted by Crippen LogP contribution is 1.95. The monoisotopic (exact) mass is 178 g/mol. The van der Waals surface area contributed by atoms with Crippen LogP contribution in [0.4, 0.5) is 0 Å². The molecule has 0 aromatic carbocycles. The van der Waals surface area contributed by atoms with Crippen LogP contribution in [0.5, 0.6) is 0 Å². The SMILES string of the molecule is C=CCOCC(=C)OS(=O)O. The fourth-order valence-electron chi connectivity index (χ4n) is 0.381. The van der Waals surface area contributed by atoms with E-state index in [0.29, 0.717) is 6.61 Å². The Morgan fingerprint density at radius 1 is 1.73 bits per heavy atom. The minimum atomic E-state index is -2.31. The minimum Gasteiger partial charge on any atom is -0.383 e. The largest absolute Gasteiger partial charge is 0.383 e. The van der Waals surface area contributed by atoms with E-state index in [1.807, 2.05) is 0 Å². The highest BCUT2D eigenvalue weighted by molar-refractivity contribution is 7.74. The van der Waals surface area contributed by atoms with Gasteiger partial charge in [0.2, 0.25) is 0 Å². The lowest BCUT2D eigenvalue weighted by Crippen LogP contribution is -2.02. The molecule has 0 heterocycles. The van der Waals surface area contributed by atoms with E-state index in [2.05, 4.69) is 17.3 Å². The normalized spacial score (nSPS) is 12.1. The zero-order chi connectivity index (χ0) is 8.69. The molecule has 5 heteroatoms. The van der Waals surface area contributed by atoms with E-state index in [9.17, 15) is 4.21 Å². The molecule has 0 aliphatic rings. The van der Waals surface area contributed by atoms with Crippen LogP contribution in [0.2, 0.25) is 0 Å². The average molecular weight is 178 g/mol. The second-order valence-corrected chi connectivity index (χ2v) is 2.24. The maximum Gasteiger partial charge on any atom is 0.357 e. The van der Waals surface area contributed by atoms with Crippen LogP contribution in [-0.4, -0.2) is 22.0 Å². The predicted molar refractivity (Wildman–Crippen MR) is 42.0 cm³/mol. The van der Waals surface area contributed by atoms with Gasteiger partial charge in [-0.05, 0) is 0 Å². The molecule has 0 spiro atoms. The number of hydrogen-bond donors (Lipinski definition) is 1. The summed E-state index contributed by atoms with van der Waals surface area (Å²) in [6.45, 7) is 7.20. The first-order valence-electron chi connectivity index (χ1n) is 2.82. The molecule has 1 unspecified atom stereocenters. The first kappa shape index (κ1) is 10.3. The Balaban J connectivity index is 3.37. The summed E-state index contributed by atoms with van der Waals surface area (Å²) >= 11 is -2.31. The first-order chi connectivity index (χ1) is 5.16. The molecule has 0 amide bonds. The standard InChI is InChI=1S/C6H10O4S/c1-3-4-9-5-6(2)10-11(7)8/h3H,1-2,4-5H2,(H,7,8). The van der Waals surface area contributed by atoms with Gasteiger partial charge in [0, 0.05) is 0 Å². The minimum absolute atomic E-state index is 0.0956. The van der Waals surface area contributed by atoms with Crippen molar-refractivity contribution in [2.75, 3.05) is 13.2 Å². The molecule has 11 heavy (non-hydrogen) atoms. The maximum absolute atomic E-state index is 9.99. The Hall–Kier alpha value is -0.650. The fraction of sp³-hybridized carbons (Fsp3) is 0.333. The number of ether oxygens (including phenoxy) is 1. The highest BCUT2D eigenvalue weighted by atomic mass is 32.2. The molecule has 0 bridgehead atoms. The second kappa shape index (κ2) is 6.09. The van der Waals surface area contributed by atoms with Crippen LogP contribution in [0.1, 0.15) is 0 Å². The van der Waals surface area contributed by atoms with Gasteiger partial charge in [-0.3, -0.25) is 4.55 Å². The molecule has 4 nitrogen and oxygen atoms in total. The Bertz CT molecular complexity index is 166. The van der Waals surface area contributed by atoms with Gasteiger partial charge in [0.25, 0.3) is 0 Å². The van der Waals surface area contributed by atoms with Crippen LogP contribution in [0, 0.1) is 0 Å². The van der Waals surface area contributed by atoms with Crippen molar-refractivity contribution in [3.05, 3.63) is 25.0 Å². The second-order valence-electron chi connectivity index (χ2n) is 1.64. The third-order valence-corrected chi connectivity index (χ3v) is 1.07. The van der Waals surface area contributed by atoms with Crippen LogP contribution in [0.3, 0.4) is 0 Å². The van der Waals surface area contributed by atoms with Crippen molar-refractivity contribution in [2.24, 2.45) is 0 Å². The van der Waals surface area contributed by atoms with Gasteiger partial charge >= 0.3 is 11.4 Å². The van der Waals surface area contributed by atoms with E-state index in [1.165, 1.54) is 0 Å². The Kier molecular flexibility index (Phi) is 5.73. The number of hydrogen-bond acceptors (Lipinski definition) is 3. The summed E-state index contributed by atoms with van der Waals surface area (Å²) in [6, 6.07) is 0. The van der Waals surface area contributed by atoms with E-state index < -0.39 is 11.4 Å². The predicted octanol–water partition coefficient (Wildman–Crippen LogP) is 0.856. The summed E-state index contributed by atoms with van der Waals surface area (Å²) in [5.41, 5.74) is 0. The van der Waals surface area contributed by atoms with E-state index in [-0.39, 0.29) is 12.4 Å². The average Bonchev–Trinajstić information content (AvgIpc) is 1.86. The molecule has 64 valence electrons. The summed E-state index contributed by atoms with van der Waals surface area (Å²) in [5.74, 6) is 0.118. The lowest BCUT2D eigenvalue weighted by Gasteiger charge is -2.02. The molecule has 0 aromatic heterocycles. The van der Waals surface area contributed by atoms with Gasteiger partial charge in [-0.25, -0.2) is 0 Å². The van der Waals surface area contributed by atoms with Gasteiger partial charge < -0.3 is 8.92 Å². The van der Waals surface area contributed by atoms with Gasteiger partial charge in [0.1, 0.15) is 12.4 Å². The molecule has 0 aliphatic heterocycles. The molecule has 0 radical (unpaired) electrons. The van der Waals surface area contributed by atoms with Crippen LogP contribution < -0.4 is 0 Å². The van der Waals surface area contributed by atoms with E-state index in [4.69, 9.17) is 9.29 Å². The van der Waals surface area contributed by atoms with Crippen molar-refractivity contribution >= 4 is 11.4 Å². The van der Waals surface area contributed by atoms with Crippen LogP contribution in [0.15, 0.2) is 25.0 Å². The summed E-state index contributed by atoms with van der Waals surface area (Å²) in [7, 11) is 0.